The Kier molecular flexibility index (Phi) is 8.46. The smallest absolute Gasteiger partial charge is 0.395 e. The molecule has 1 aliphatic carbocycles. The summed E-state index contributed by atoms with van der Waals surface area (Å²) in [5.41, 5.74) is -2.00. The predicted molar refractivity (Wildman–Crippen MR) is 145 cm³/mol. The van der Waals surface area contributed by atoms with Gasteiger partial charge in [-0.05, 0) is 76.6 Å². The maximum absolute atomic E-state index is 15.1. The van der Waals surface area contributed by atoms with Crippen molar-refractivity contribution in [1.29, 1.82) is 0 Å². The summed E-state index contributed by atoms with van der Waals surface area (Å²) in [5.74, 6) is -1.33. The van der Waals surface area contributed by atoms with Crippen LogP contribution in [0.25, 0.3) is 11.3 Å². The number of esters is 1. The van der Waals surface area contributed by atoms with Gasteiger partial charge in [-0.25, -0.2) is 19.2 Å². The van der Waals surface area contributed by atoms with E-state index in [1.165, 1.54) is 36.5 Å². The van der Waals surface area contributed by atoms with Crippen molar-refractivity contribution in [3.8, 4) is 17.1 Å². The molecule has 1 amide bonds. The Labute approximate surface area is 242 Å². The van der Waals surface area contributed by atoms with Gasteiger partial charge in [0.2, 0.25) is 5.88 Å². The fourth-order valence-corrected chi connectivity index (χ4v) is 6.33. The highest BCUT2D eigenvalue weighted by molar-refractivity contribution is 5.99. The van der Waals surface area contributed by atoms with E-state index in [0.29, 0.717) is 62.6 Å². The average molecular weight is 593 g/mol. The maximum atomic E-state index is 15.1. The molecule has 0 spiro atoms. The van der Waals surface area contributed by atoms with Gasteiger partial charge in [-0.1, -0.05) is 12.5 Å². The quantitative estimate of drug-likeness (QED) is 0.305. The molecule has 1 atom stereocenters. The molecule has 0 bridgehead atoms. The summed E-state index contributed by atoms with van der Waals surface area (Å²) >= 11 is 0. The van der Waals surface area contributed by atoms with Crippen molar-refractivity contribution in [2.75, 3.05) is 39.9 Å². The van der Waals surface area contributed by atoms with Crippen molar-refractivity contribution in [3.05, 3.63) is 42.0 Å². The maximum Gasteiger partial charge on any atom is 0.395 e. The number of likely N-dealkylation sites (tertiary alicyclic amines) is 2. The van der Waals surface area contributed by atoms with E-state index < -0.39 is 34.8 Å². The third-order valence-corrected chi connectivity index (χ3v) is 9.25. The molecule has 0 radical (unpaired) electrons. The number of rotatable bonds is 8. The van der Waals surface area contributed by atoms with Crippen LogP contribution in [0.3, 0.4) is 0 Å². The molecule has 228 valence electrons. The number of carbonyl (C=O) groups excluding carboxylic acids is 2. The SMILES string of the molecule is COC(=O)C1(C)CCCN1C(=O)c1ccc(-c2cnc(OCC3CCN(CC4(C(F)(F)F)CCC4)CC3)cn2)cc1F. The number of methoxy groups -OCH3 is 1. The van der Waals surface area contributed by atoms with Crippen LogP contribution >= 0.6 is 0 Å². The molecule has 1 saturated carbocycles. The first kappa shape index (κ1) is 30.2. The van der Waals surface area contributed by atoms with Crippen LogP contribution in [0.5, 0.6) is 5.88 Å². The molecule has 8 nitrogen and oxygen atoms in total. The van der Waals surface area contributed by atoms with Crippen LogP contribution in [0.15, 0.2) is 30.6 Å². The number of aromatic nitrogens is 2. The van der Waals surface area contributed by atoms with Gasteiger partial charge in [0, 0.05) is 18.7 Å². The predicted octanol–water partition coefficient (Wildman–Crippen LogP) is 5.27. The van der Waals surface area contributed by atoms with E-state index in [0.717, 1.165) is 12.8 Å². The van der Waals surface area contributed by atoms with Crippen molar-refractivity contribution in [2.45, 2.75) is 63.6 Å². The van der Waals surface area contributed by atoms with Crippen LogP contribution in [0.2, 0.25) is 0 Å². The molecule has 3 fully saturated rings. The van der Waals surface area contributed by atoms with Crippen LogP contribution in [-0.4, -0.2) is 83.3 Å². The highest BCUT2D eigenvalue weighted by atomic mass is 19.4. The van der Waals surface area contributed by atoms with Gasteiger partial charge in [0.1, 0.15) is 11.4 Å². The first-order valence-corrected chi connectivity index (χ1v) is 14.4. The molecule has 3 heterocycles. The van der Waals surface area contributed by atoms with Crippen molar-refractivity contribution < 1.29 is 36.6 Å². The Morgan fingerprint density at radius 3 is 2.36 bits per heavy atom. The standard InChI is InChI=1S/C30H36F4N4O4/c1-28(27(40)41-2)9-4-12-38(28)26(39)22-6-5-21(15-23(22)31)24-16-36-25(17-35-24)42-18-20-7-13-37(14-8-20)19-29(10-3-11-29)30(32,33)34/h5-6,15-17,20H,3-4,7-14,18-19H2,1-2H3. The largest absolute Gasteiger partial charge is 0.476 e. The molecule has 1 aromatic carbocycles. The van der Waals surface area contributed by atoms with Gasteiger partial charge < -0.3 is 19.3 Å². The number of hydrogen-bond acceptors (Lipinski definition) is 7. The van der Waals surface area contributed by atoms with E-state index in [1.54, 1.807) is 13.0 Å². The van der Waals surface area contributed by atoms with Crippen LogP contribution < -0.4 is 4.74 Å². The molecule has 12 heteroatoms. The number of benzene rings is 1. The zero-order chi connectivity index (χ0) is 30.1. The molecule has 2 saturated heterocycles. The number of ether oxygens (including phenoxy) is 2. The Morgan fingerprint density at radius 1 is 1.05 bits per heavy atom. The lowest BCUT2D eigenvalue weighted by atomic mass is 9.67. The highest BCUT2D eigenvalue weighted by Crippen LogP contribution is 2.53. The van der Waals surface area contributed by atoms with Gasteiger partial charge in [-0.15, -0.1) is 0 Å². The number of carbonyl (C=O) groups is 2. The van der Waals surface area contributed by atoms with E-state index in [9.17, 15) is 22.8 Å². The molecule has 2 aromatic rings. The average Bonchev–Trinajstić information content (AvgIpc) is 3.35. The van der Waals surface area contributed by atoms with E-state index in [2.05, 4.69) is 9.97 Å². The Morgan fingerprint density at radius 2 is 1.79 bits per heavy atom. The summed E-state index contributed by atoms with van der Waals surface area (Å²) in [6.07, 6.45) is 2.38. The highest BCUT2D eigenvalue weighted by Gasteiger charge is 2.58. The van der Waals surface area contributed by atoms with E-state index in [4.69, 9.17) is 9.47 Å². The second-order valence-electron chi connectivity index (χ2n) is 11.9. The molecule has 1 aromatic heterocycles. The number of nitrogens with zero attached hydrogens (tertiary/aromatic N) is 4. The Hall–Kier alpha value is -3.28. The van der Waals surface area contributed by atoms with Gasteiger partial charge >= 0.3 is 12.1 Å². The minimum atomic E-state index is -4.15. The topological polar surface area (TPSA) is 84.9 Å². The fraction of sp³-hybridized carbons (Fsp3) is 0.600. The van der Waals surface area contributed by atoms with Crippen molar-refractivity contribution >= 4 is 11.9 Å². The minimum Gasteiger partial charge on any atom is -0.476 e. The summed E-state index contributed by atoms with van der Waals surface area (Å²) < 4.78 is 66.3. The van der Waals surface area contributed by atoms with Gasteiger partial charge in [0.15, 0.2) is 0 Å². The molecule has 2 aliphatic heterocycles. The van der Waals surface area contributed by atoms with Crippen LogP contribution in [0.1, 0.15) is 62.2 Å². The molecule has 1 unspecified atom stereocenters. The number of alkyl halides is 3. The Balaban J connectivity index is 1.14. The van der Waals surface area contributed by atoms with Crippen molar-refractivity contribution in [2.24, 2.45) is 11.3 Å². The molecule has 0 N–H and O–H groups in total. The normalized spacial score (nSPS) is 23.0. The van der Waals surface area contributed by atoms with Crippen molar-refractivity contribution in [3.63, 3.8) is 0 Å². The summed E-state index contributed by atoms with van der Waals surface area (Å²) in [5, 5.41) is 0. The molecule has 5 rings (SSSR count). The molecule has 42 heavy (non-hydrogen) atoms. The van der Waals surface area contributed by atoms with E-state index in [1.807, 2.05) is 4.90 Å². The summed E-state index contributed by atoms with van der Waals surface area (Å²) in [7, 11) is 1.26. The zero-order valence-corrected chi connectivity index (χ0v) is 23.9. The molecular formula is C30H36F4N4O4. The van der Waals surface area contributed by atoms with Crippen LogP contribution in [-0.2, 0) is 9.53 Å². The van der Waals surface area contributed by atoms with E-state index in [-0.39, 0.29) is 30.9 Å². The lowest BCUT2D eigenvalue weighted by molar-refractivity contribution is -0.256. The van der Waals surface area contributed by atoms with Gasteiger partial charge in [0.05, 0.1) is 42.8 Å². The second kappa shape index (κ2) is 11.8. The number of amides is 1. The Bertz CT molecular complexity index is 1290. The summed E-state index contributed by atoms with van der Waals surface area (Å²) in [4.78, 5) is 37.3. The monoisotopic (exact) mass is 592 g/mol. The second-order valence-corrected chi connectivity index (χ2v) is 11.9. The molecule has 3 aliphatic rings. The zero-order valence-electron chi connectivity index (χ0n) is 23.9. The number of piperidine rings is 1. The van der Waals surface area contributed by atoms with Gasteiger partial charge in [-0.2, -0.15) is 13.2 Å². The third kappa shape index (κ3) is 5.82. The number of hydrogen-bond donors (Lipinski definition) is 0. The van der Waals surface area contributed by atoms with Crippen molar-refractivity contribution in [1.82, 2.24) is 19.8 Å². The summed E-state index contributed by atoms with van der Waals surface area (Å²) in [6.45, 7) is 3.65. The van der Waals surface area contributed by atoms with Gasteiger partial charge in [0.25, 0.3) is 5.91 Å². The van der Waals surface area contributed by atoms with Crippen LogP contribution in [0.4, 0.5) is 17.6 Å². The first-order chi connectivity index (χ1) is 20.0. The molecular weight excluding hydrogens is 556 g/mol. The number of halogens is 4. The van der Waals surface area contributed by atoms with Crippen LogP contribution in [0, 0.1) is 17.2 Å². The third-order valence-electron chi connectivity index (χ3n) is 9.25. The minimum absolute atomic E-state index is 0.0812. The lowest BCUT2D eigenvalue weighted by Crippen LogP contribution is -2.53. The first-order valence-electron chi connectivity index (χ1n) is 14.4. The summed E-state index contributed by atoms with van der Waals surface area (Å²) in [6, 6.07) is 4.17. The van der Waals surface area contributed by atoms with E-state index >= 15 is 4.39 Å². The van der Waals surface area contributed by atoms with Gasteiger partial charge in [-0.3, -0.25) is 4.79 Å². The lowest BCUT2D eigenvalue weighted by Gasteiger charge is -2.47. The fourth-order valence-electron chi connectivity index (χ4n) is 6.33.